The van der Waals surface area contributed by atoms with E-state index in [0.29, 0.717) is 5.82 Å². The standard InChI is InChI=1S/C41H27N3/c1-5-15-28(16-6-1)34-26-36(29-17-7-2-8-18-29)42-40-35(25-32-23-13-14-24-33(32)39(34)40)38-27-37(30-19-9-3-10-20-30)43-41(44-38)31-21-11-4-12-22-31/h1-27H. The Bertz CT molecular complexity index is 2190. The van der Waals surface area contributed by atoms with Crippen LogP contribution in [-0.4, -0.2) is 15.0 Å². The van der Waals surface area contributed by atoms with Crippen LogP contribution in [0.1, 0.15) is 0 Å². The molecule has 3 nitrogen and oxygen atoms in total. The molecule has 3 heteroatoms. The van der Waals surface area contributed by atoms with Crippen molar-refractivity contribution in [1.82, 2.24) is 15.0 Å². The van der Waals surface area contributed by atoms with Gasteiger partial charge in [0.1, 0.15) is 0 Å². The number of nitrogens with zero attached hydrogens (tertiary/aromatic N) is 3. The second-order valence-electron chi connectivity index (χ2n) is 10.9. The van der Waals surface area contributed by atoms with Gasteiger partial charge in [-0.15, -0.1) is 0 Å². The van der Waals surface area contributed by atoms with Crippen molar-refractivity contribution in [3.8, 4) is 56.3 Å². The summed E-state index contributed by atoms with van der Waals surface area (Å²) in [6.07, 6.45) is 0. The highest BCUT2D eigenvalue weighted by molar-refractivity contribution is 6.18. The van der Waals surface area contributed by atoms with Gasteiger partial charge in [-0.05, 0) is 40.1 Å². The molecule has 0 radical (unpaired) electrons. The molecule has 206 valence electrons. The van der Waals surface area contributed by atoms with Gasteiger partial charge >= 0.3 is 0 Å². The number of rotatable bonds is 5. The fourth-order valence-electron chi connectivity index (χ4n) is 5.94. The van der Waals surface area contributed by atoms with Crippen LogP contribution in [0.4, 0.5) is 0 Å². The number of benzene rings is 6. The minimum Gasteiger partial charge on any atom is -0.247 e. The third-order valence-electron chi connectivity index (χ3n) is 8.06. The maximum atomic E-state index is 5.40. The summed E-state index contributed by atoms with van der Waals surface area (Å²) in [7, 11) is 0. The van der Waals surface area contributed by atoms with Crippen LogP contribution in [0, 0.1) is 0 Å². The maximum absolute atomic E-state index is 5.40. The molecule has 2 aromatic heterocycles. The van der Waals surface area contributed by atoms with E-state index >= 15 is 0 Å². The van der Waals surface area contributed by atoms with E-state index in [2.05, 4.69) is 121 Å². The van der Waals surface area contributed by atoms with E-state index in [9.17, 15) is 0 Å². The van der Waals surface area contributed by atoms with E-state index in [1.165, 1.54) is 0 Å². The lowest BCUT2D eigenvalue weighted by molar-refractivity contribution is 1.18. The molecular formula is C41H27N3. The number of hydrogen-bond acceptors (Lipinski definition) is 3. The molecule has 0 fully saturated rings. The number of pyridine rings is 1. The first kappa shape index (κ1) is 25.8. The van der Waals surface area contributed by atoms with Crippen LogP contribution in [0.15, 0.2) is 164 Å². The Balaban J connectivity index is 1.50. The average molecular weight is 562 g/mol. The van der Waals surface area contributed by atoms with E-state index in [4.69, 9.17) is 15.0 Å². The third-order valence-corrected chi connectivity index (χ3v) is 8.06. The van der Waals surface area contributed by atoms with E-state index in [0.717, 1.165) is 72.1 Å². The summed E-state index contributed by atoms with van der Waals surface area (Å²) in [6, 6.07) is 56.7. The number of fused-ring (bicyclic) bond motifs is 3. The molecule has 0 aliphatic rings. The molecule has 0 aliphatic carbocycles. The maximum Gasteiger partial charge on any atom is 0.160 e. The second-order valence-corrected chi connectivity index (χ2v) is 10.9. The van der Waals surface area contributed by atoms with E-state index in [-0.39, 0.29) is 0 Å². The fourth-order valence-corrected chi connectivity index (χ4v) is 5.94. The minimum atomic E-state index is 0.686. The van der Waals surface area contributed by atoms with Gasteiger partial charge in [-0.3, -0.25) is 0 Å². The van der Waals surface area contributed by atoms with Crippen LogP contribution in [0.3, 0.4) is 0 Å². The summed E-state index contributed by atoms with van der Waals surface area (Å²) in [5, 5.41) is 3.42. The molecule has 0 bridgehead atoms. The lowest BCUT2D eigenvalue weighted by atomic mass is 9.91. The zero-order valence-corrected chi connectivity index (χ0v) is 23.9. The van der Waals surface area contributed by atoms with Crippen molar-refractivity contribution in [3.63, 3.8) is 0 Å². The quantitative estimate of drug-likeness (QED) is 0.196. The van der Waals surface area contributed by atoms with Crippen LogP contribution in [0.5, 0.6) is 0 Å². The zero-order chi connectivity index (χ0) is 29.3. The van der Waals surface area contributed by atoms with Crippen molar-refractivity contribution in [3.05, 3.63) is 164 Å². The largest absolute Gasteiger partial charge is 0.247 e. The molecule has 0 spiro atoms. The van der Waals surface area contributed by atoms with Crippen molar-refractivity contribution in [2.45, 2.75) is 0 Å². The van der Waals surface area contributed by atoms with Crippen molar-refractivity contribution in [2.75, 3.05) is 0 Å². The Morgan fingerprint density at radius 2 is 0.841 bits per heavy atom. The van der Waals surface area contributed by atoms with Gasteiger partial charge in [0, 0.05) is 27.6 Å². The van der Waals surface area contributed by atoms with E-state index in [1.807, 2.05) is 42.5 Å². The predicted molar refractivity (Wildman–Crippen MR) is 182 cm³/mol. The zero-order valence-electron chi connectivity index (χ0n) is 23.9. The lowest BCUT2D eigenvalue weighted by Gasteiger charge is -2.17. The summed E-state index contributed by atoms with van der Waals surface area (Å²) in [4.78, 5) is 15.7. The first-order valence-electron chi connectivity index (χ1n) is 14.8. The number of hydrogen-bond donors (Lipinski definition) is 0. The predicted octanol–water partition coefficient (Wildman–Crippen LogP) is 10.5. The Kier molecular flexibility index (Phi) is 6.47. The Morgan fingerprint density at radius 1 is 0.341 bits per heavy atom. The third kappa shape index (κ3) is 4.71. The molecule has 6 aromatic carbocycles. The highest BCUT2D eigenvalue weighted by Gasteiger charge is 2.19. The van der Waals surface area contributed by atoms with Crippen LogP contribution in [0.2, 0.25) is 0 Å². The van der Waals surface area contributed by atoms with Gasteiger partial charge in [0.25, 0.3) is 0 Å². The van der Waals surface area contributed by atoms with Gasteiger partial charge < -0.3 is 0 Å². The first-order chi connectivity index (χ1) is 21.8. The van der Waals surface area contributed by atoms with Gasteiger partial charge in [0.15, 0.2) is 5.82 Å². The molecule has 8 aromatic rings. The molecule has 0 unspecified atom stereocenters. The summed E-state index contributed by atoms with van der Waals surface area (Å²) in [5.74, 6) is 0.686. The molecule has 0 saturated heterocycles. The summed E-state index contributed by atoms with van der Waals surface area (Å²) in [5.41, 5.74) is 9.91. The Hall–Kier alpha value is -5.93. The summed E-state index contributed by atoms with van der Waals surface area (Å²) >= 11 is 0. The minimum absolute atomic E-state index is 0.686. The molecule has 0 amide bonds. The molecule has 44 heavy (non-hydrogen) atoms. The van der Waals surface area contributed by atoms with Crippen LogP contribution < -0.4 is 0 Å². The van der Waals surface area contributed by atoms with Gasteiger partial charge in [-0.25, -0.2) is 15.0 Å². The van der Waals surface area contributed by atoms with Crippen molar-refractivity contribution in [2.24, 2.45) is 0 Å². The van der Waals surface area contributed by atoms with Gasteiger partial charge in [-0.1, -0.05) is 146 Å². The summed E-state index contributed by atoms with van der Waals surface area (Å²) < 4.78 is 0. The SMILES string of the molecule is c1ccc(-c2cc(-c3cc4ccccc4c4c(-c5ccccc5)cc(-c5ccccc5)nc34)nc(-c3ccccc3)n2)cc1. The molecule has 0 aliphatic heterocycles. The van der Waals surface area contributed by atoms with Crippen LogP contribution >= 0.6 is 0 Å². The molecule has 0 saturated carbocycles. The summed E-state index contributed by atoms with van der Waals surface area (Å²) in [6.45, 7) is 0. The molecule has 2 heterocycles. The topological polar surface area (TPSA) is 38.7 Å². The van der Waals surface area contributed by atoms with E-state index in [1.54, 1.807) is 0 Å². The van der Waals surface area contributed by atoms with Crippen LogP contribution in [0.25, 0.3) is 78.0 Å². The molecule has 0 atom stereocenters. The van der Waals surface area contributed by atoms with Crippen LogP contribution in [-0.2, 0) is 0 Å². The van der Waals surface area contributed by atoms with Gasteiger partial charge in [0.05, 0.1) is 22.6 Å². The average Bonchev–Trinajstić information content (AvgIpc) is 3.12. The lowest BCUT2D eigenvalue weighted by Crippen LogP contribution is -1.98. The van der Waals surface area contributed by atoms with Crippen molar-refractivity contribution < 1.29 is 0 Å². The van der Waals surface area contributed by atoms with Crippen molar-refractivity contribution in [1.29, 1.82) is 0 Å². The van der Waals surface area contributed by atoms with E-state index < -0.39 is 0 Å². The monoisotopic (exact) mass is 561 g/mol. The highest BCUT2D eigenvalue weighted by atomic mass is 14.9. The highest BCUT2D eigenvalue weighted by Crippen LogP contribution is 2.41. The fraction of sp³-hybridized carbons (Fsp3) is 0. The number of aromatic nitrogens is 3. The van der Waals surface area contributed by atoms with Gasteiger partial charge in [-0.2, -0.15) is 0 Å². The molecular weight excluding hydrogens is 534 g/mol. The Labute approximate surface area is 256 Å². The van der Waals surface area contributed by atoms with Crippen molar-refractivity contribution >= 4 is 21.7 Å². The smallest absolute Gasteiger partial charge is 0.160 e. The normalized spacial score (nSPS) is 11.2. The molecule has 8 rings (SSSR count). The van der Waals surface area contributed by atoms with Gasteiger partial charge in [0.2, 0.25) is 0 Å². The first-order valence-corrected chi connectivity index (χ1v) is 14.8. The second kappa shape index (κ2) is 11.0. The Morgan fingerprint density at radius 3 is 1.48 bits per heavy atom. The molecule has 0 N–H and O–H groups in total.